The summed E-state index contributed by atoms with van der Waals surface area (Å²) in [7, 11) is 1.49. The highest BCUT2D eigenvalue weighted by molar-refractivity contribution is 5.30. The lowest BCUT2D eigenvalue weighted by Gasteiger charge is -2.22. The van der Waals surface area contributed by atoms with Gasteiger partial charge in [-0.05, 0) is 49.3 Å². The largest absolute Gasteiger partial charge is 0.494 e. The van der Waals surface area contributed by atoms with Crippen LogP contribution in [0.2, 0.25) is 0 Å². The minimum absolute atomic E-state index is 0.166. The number of hydrogen-bond donors (Lipinski definition) is 1. The summed E-state index contributed by atoms with van der Waals surface area (Å²) in [5.41, 5.74) is 1.41. The Morgan fingerprint density at radius 3 is 2.68 bits per heavy atom. The van der Waals surface area contributed by atoms with Crippen molar-refractivity contribution in [1.29, 1.82) is 0 Å². The summed E-state index contributed by atoms with van der Waals surface area (Å²) >= 11 is 0. The minimum atomic E-state index is -0.291. The Balaban J connectivity index is 2.00. The van der Waals surface area contributed by atoms with Crippen molar-refractivity contribution in [2.75, 3.05) is 7.11 Å². The van der Waals surface area contributed by atoms with E-state index in [9.17, 15) is 4.39 Å². The van der Waals surface area contributed by atoms with Crippen LogP contribution < -0.4 is 10.1 Å². The highest BCUT2D eigenvalue weighted by atomic mass is 19.1. The Hall–Kier alpha value is -1.09. The molecule has 0 bridgehead atoms. The van der Waals surface area contributed by atoms with Crippen molar-refractivity contribution in [2.24, 2.45) is 5.41 Å². The van der Waals surface area contributed by atoms with E-state index in [-0.39, 0.29) is 11.9 Å². The summed E-state index contributed by atoms with van der Waals surface area (Å²) in [5, 5.41) is 3.61. The molecule has 2 nitrogen and oxygen atoms in total. The smallest absolute Gasteiger partial charge is 0.165 e. The maximum atomic E-state index is 13.7. The maximum Gasteiger partial charge on any atom is 0.165 e. The Labute approximate surface area is 115 Å². The van der Waals surface area contributed by atoms with Crippen molar-refractivity contribution >= 4 is 0 Å². The van der Waals surface area contributed by atoms with E-state index in [1.165, 1.54) is 26.4 Å². The standard InChI is InChI=1S/C16H24FNO/c1-11(18-13-7-8-16(2,3)10-13)12-5-6-15(19-4)14(17)9-12/h5-6,9,11,13,18H,7-8,10H2,1-4H3. The second-order valence-electron chi connectivity index (χ2n) is 6.39. The van der Waals surface area contributed by atoms with Gasteiger partial charge in [0, 0.05) is 12.1 Å². The van der Waals surface area contributed by atoms with Crippen LogP contribution in [0.15, 0.2) is 18.2 Å². The van der Waals surface area contributed by atoms with Crippen LogP contribution in [0.5, 0.6) is 5.75 Å². The van der Waals surface area contributed by atoms with Crippen molar-refractivity contribution in [3.63, 3.8) is 0 Å². The highest BCUT2D eigenvalue weighted by Crippen LogP contribution is 2.37. The molecule has 0 aliphatic heterocycles. The molecule has 0 radical (unpaired) electrons. The van der Waals surface area contributed by atoms with Crippen LogP contribution in [0.25, 0.3) is 0 Å². The number of halogens is 1. The Kier molecular flexibility index (Phi) is 4.14. The number of nitrogens with one attached hydrogen (secondary N) is 1. The Morgan fingerprint density at radius 1 is 1.42 bits per heavy atom. The molecule has 2 atom stereocenters. The van der Waals surface area contributed by atoms with Crippen LogP contribution in [0, 0.1) is 11.2 Å². The van der Waals surface area contributed by atoms with E-state index in [0.717, 1.165) is 5.56 Å². The van der Waals surface area contributed by atoms with E-state index in [2.05, 4.69) is 26.1 Å². The second-order valence-corrected chi connectivity index (χ2v) is 6.39. The van der Waals surface area contributed by atoms with Gasteiger partial charge in [-0.3, -0.25) is 0 Å². The lowest BCUT2D eigenvalue weighted by Crippen LogP contribution is -2.30. The van der Waals surface area contributed by atoms with Crippen LogP contribution in [0.3, 0.4) is 0 Å². The predicted molar refractivity (Wildman–Crippen MR) is 75.9 cm³/mol. The molecule has 0 amide bonds. The van der Waals surface area contributed by atoms with Gasteiger partial charge in [-0.25, -0.2) is 4.39 Å². The molecule has 1 aromatic rings. The SMILES string of the molecule is COc1ccc(C(C)NC2CCC(C)(C)C2)cc1F. The molecule has 106 valence electrons. The molecule has 3 heteroatoms. The maximum absolute atomic E-state index is 13.7. The van der Waals surface area contributed by atoms with Gasteiger partial charge in [0.15, 0.2) is 11.6 Å². The normalized spacial score (nSPS) is 23.3. The van der Waals surface area contributed by atoms with Crippen molar-refractivity contribution in [3.8, 4) is 5.75 Å². The topological polar surface area (TPSA) is 21.3 Å². The number of methoxy groups -OCH3 is 1. The van der Waals surface area contributed by atoms with Gasteiger partial charge in [0.1, 0.15) is 0 Å². The van der Waals surface area contributed by atoms with E-state index in [1.54, 1.807) is 12.1 Å². The summed E-state index contributed by atoms with van der Waals surface area (Å²) in [6.45, 7) is 6.71. The molecule has 2 rings (SSSR count). The average Bonchev–Trinajstić information content (AvgIpc) is 2.68. The van der Waals surface area contributed by atoms with E-state index in [0.29, 0.717) is 17.2 Å². The Morgan fingerprint density at radius 2 is 2.16 bits per heavy atom. The van der Waals surface area contributed by atoms with Gasteiger partial charge in [-0.2, -0.15) is 0 Å². The third kappa shape index (κ3) is 3.47. The first-order chi connectivity index (χ1) is 8.91. The van der Waals surface area contributed by atoms with Crippen LogP contribution in [0.1, 0.15) is 51.6 Å². The highest BCUT2D eigenvalue weighted by Gasteiger charge is 2.31. The molecular weight excluding hydrogens is 241 g/mol. The van der Waals surface area contributed by atoms with Crippen molar-refractivity contribution < 1.29 is 9.13 Å². The summed E-state index contributed by atoms with van der Waals surface area (Å²) in [6.07, 6.45) is 3.65. The van der Waals surface area contributed by atoms with Gasteiger partial charge in [0.25, 0.3) is 0 Å². The number of benzene rings is 1. The molecule has 0 spiro atoms. The predicted octanol–water partition coefficient (Wildman–Crippen LogP) is 4.06. The molecule has 2 unspecified atom stereocenters. The van der Waals surface area contributed by atoms with Gasteiger partial charge < -0.3 is 10.1 Å². The molecule has 1 N–H and O–H groups in total. The van der Waals surface area contributed by atoms with Crippen LogP contribution in [-0.2, 0) is 0 Å². The fraction of sp³-hybridized carbons (Fsp3) is 0.625. The second kappa shape index (κ2) is 5.49. The minimum Gasteiger partial charge on any atom is -0.494 e. The monoisotopic (exact) mass is 265 g/mol. The van der Waals surface area contributed by atoms with Gasteiger partial charge in [-0.1, -0.05) is 19.9 Å². The summed E-state index contributed by atoms with van der Waals surface area (Å²) < 4.78 is 18.6. The molecule has 1 aliphatic carbocycles. The Bertz CT molecular complexity index is 444. The fourth-order valence-corrected chi connectivity index (χ4v) is 2.98. The van der Waals surface area contributed by atoms with E-state index in [1.807, 2.05) is 6.07 Å². The molecule has 1 fully saturated rings. The lowest BCUT2D eigenvalue weighted by molar-refractivity contribution is 0.355. The molecule has 19 heavy (non-hydrogen) atoms. The first-order valence-electron chi connectivity index (χ1n) is 7.01. The molecule has 1 saturated carbocycles. The van der Waals surface area contributed by atoms with Crippen molar-refractivity contribution in [3.05, 3.63) is 29.6 Å². The molecule has 1 aromatic carbocycles. The van der Waals surface area contributed by atoms with Gasteiger partial charge in [-0.15, -0.1) is 0 Å². The zero-order valence-corrected chi connectivity index (χ0v) is 12.3. The zero-order chi connectivity index (χ0) is 14.0. The van der Waals surface area contributed by atoms with E-state index in [4.69, 9.17) is 4.74 Å². The van der Waals surface area contributed by atoms with E-state index >= 15 is 0 Å². The third-order valence-electron chi connectivity index (χ3n) is 4.13. The zero-order valence-electron chi connectivity index (χ0n) is 12.3. The molecule has 1 aliphatic rings. The number of hydrogen-bond acceptors (Lipinski definition) is 2. The van der Waals surface area contributed by atoms with Crippen LogP contribution in [-0.4, -0.2) is 13.2 Å². The van der Waals surface area contributed by atoms with Crippen molar-refractivity contribution in [2.45, 2.75) is 52.1 Å². The molecule has 0 aromatic heterocycles. The average molecular weight is 265 g/mol. The van der Waals surface area contributed by atoms with Crippen LogP contribution in [0.4, 0.5) is 4.39 Å². The summed E-state index contributed by atoms with van der Waals surface area (Å²) in [4.78, 5) is 0. The van der Waals surface area contributed by atoms with Gasteiger partial charge >= 0.3 is 0 Å². The molecule has 0 heterocycles. The quantitative estimate of drug-likeness (QED) is 0.886. The van der Waals surface area contributed by atoms with Gasteiger partial charge in [0.2, 0.25) is 0 Å². The van der Waals surface area contributed by atoms with E-state index < -0.39 is 0 Å². The first kappa shape index (κ1) is 14.3. The van der Waals surface area contributed by atoms with Gasteiger partial charge in [0.05, 0.1) is 7.11 Å². The lowest BCUT2D eigenvalue weighted by atomic mass is 9.91. The fourth-order valence-electron chi connectivity index (χ4n) is 2.98. The van der Waals surface area contributed by atoms with Crippen molar-refractivity contribution in [1.82, 2.24) is 5.32 Å². The number of ether oxygens (including phenoxy) is 1. The molecule has 0 saturated heterocycles. The first-order valence-corrected chi connectivity index (χ1v) is 7.01. The third-order valence-corrected chi connectivity index (χ3v) is 4.13. The molecular formula is C16H24FNO. The van der Waals surface area contributed by atoms with Crippen LogP contribution >= 0.6 is 0 Å². The summed E-state index contributed by atoms with van der Waals surface area (Å²) in [6, 6.07) is 5.90. The summed E-state index contributed by atoms with van der Waals surface area (Å²) in [5.74, 6) is 0.0124. The number of rotatable bonds is 4.